The van der Waals surface area contributed by atoms with Gasteiger partial charge in [-0.15, -0.1) is 0 Å². The monoisotopic (exact) mass is 550 g/mol. The van der Waals surface area contributed by atoms with E-state index in [1.54, 1.807) is 54.6 Å². The van der Waals surface area contributed by atoms with E-state index in [9.17, 15) is 14.4 Å². The van der Waals surface area contributed by atoms with E-state index in [2.05, 4.69) is 21.2 Å². The lowest BCUT2D eigenvalue weighted by atomic mass is 10.2. The lowest BCUT2D eigenvalue weighted by Gasteiger charge is -2.13. The van der Waals surface area contributed by atoms with E-state index in [4.69, 9.17) is 27.6 Å². The number of benzene rings is 2. The molecule has 1 aromatic heterocycles. The second-order valence-electron chi connectivity index (χ2n) is 6.60. The SMILES string of the molecule is O=C(CN1C(=O)S/C(=C/c2ccc(-c3cccc(Cl)c3Cl)o2)C1=O)Nc1ccccc1Br. The Morgan fingerprint density at radius 3 is 2.66 bits per heavy atom. The normalized spacial score (nSPS) is 15.0. The van der Waals surface area contributed by atoms with Crippen LogP contribution in [0.2, 0.25) is 10.0 Å². The summed E-state index contributed by atoms with van der Waals surface area (Å²) >= 11 is 16.4. The van der Waals surface area contributed by atoms with E-state index in [-0.39, 0.29) is 4.91 Å². The van der Waals surface area contributed by atoms with Crippen LogP contribution >= 0.6 is 50.9 Å². The van der Waals surface area contributed by atoms with E-state index < -0.39 is 23.6 Å². The van der Waals surface area contributed by atoms with Gasteiger partial charge in [-0.2, -0.15) is 0 Å². The fourth-order valence-corrected chi connectivity index (χ4v) is 4.53. The number of rotatable bonds is 5. The van der Waals surface area contributed by atoms with Gasteiger partial charge in [-0.3, -0.25) is 19.3 Å². The minimum Gasteiger partial charge on any atom is -0.457 e. The first-order valence-electron chi connectivity index (χ1n) is 9.17. The van der Waals surface area contributed by atoms with Crippen LogP contribution in [0.1, 0.15) is 5.76 Å². The van der Waals surface area contributed by atoms with Crippen molar-refractivity contribution in [3.05, 3.63) is 79.8 Å². The maximum absolute atomic E-state index is 12.7. The Labute approximate surface area is 205 Å². The van der Waals surface area contributed by atoms with Crippen molar-refractivity contribution in [3.63, 3.8) is 0 Å². The van der Waals surface area contributed by atoms with Crippen LogP contribution in [0.5, 0.6) is 0 Å². The molecular formula is C22H13BrCl2N2O4S. The number of anilines is 1. The fraction of sp³-hybridized carbons (Fsp3) is 0.0455. The van der Waals surface area contributed by atoms with E-state index in [0.29, 0.717) is 37.3 Å². The van der Waals surface area contributed by atoms with Crippen LogP contribution < -0.4 is 5.32 Å². The third kappa shape index (κ3) is 4.78. The van der Waals surface area contributed by atoms with Crippen molar-refractivity contribution < 1.29 is 18.8 Å². The molecule has 6 nitrogen and oxygen atoms in total. The topological polar surface area (TPSA) is 79.6 Å². The number of nitrogens with zero attached hydrogens (tertiary/aromatic N) is 1. The Balaban J connectivity index is 1.48. The average molecular weight is 552 g/mol. The maximum atomic E-state index is 12.7. The predicted octanol–water partition coefficient (Wildman–Crippen LogP) is 6.69. The van der Waals surface area contributed by atoms with E-state index >= 15 is 0 Å². The number of furan rings is 1. The number of para-hydroxylation sites is 1. The first-order chi connectivity index (χ1) is 15.3. The largest absolute Gasteiger partial charge is 0.457 e. The van der Waals surface area contributed by atoms with Gasteiger partial charge in [0.15, 0.2) is 0 Å². The summed E-state index contributed by atoms with van der Waals surface area (Å²) in [5.74, 6) is -0.229. The standard InChI is InChI=1S/C22H13BrCl2N2O4S/c23-14-5-1-2-7-16(14)26-19(28)11-27-21(29)18(32-22(27)30)10-12-8-9-17(31-12)13-4-3-6-15(24)20(13)25/h1-10H,11H2,(H,26,28)/b18-10+. The zero-order valence-corrected chi connectivity index (χ0v) is 20.0. The molecule has 2 aromatic carbocycles. The Morgan fingerprint density at radius 2 is 1.88 bits per heavy atom. The van der Waals surface area contributed by atoms with E-state index in [1.165, 1.54) is 6.08 Å². The van der Waals surface area contributed by atoms with Crippen molar-refractivity contribution in [3.8, 4) is 11.3 Å². The molecule has 1 aliphatic rings. The number of hydrogen-bond acceptors (Lipinski definition) is 5. The molecule has 1 N–H and O–H groups in total. The lowest BCUT2D eigenvalue weighted by Crippen LogP contribution is -2.36. The van der Waals surface area contributed by atoms with Crippen LogP contribution in [-0.2, 0) is 9.59 Å². The third-order valence-corrected chi connectivity index (χ3v) is 6.86. The predicted molar refractivity (Wildman–Crippen MR) is 130 cm³/mol. The molecule has 162 valence electrons. The van der Waals surface area contributed by atoms with Crippen LogP contribution in [0.25, 0.3) is 17.4 Å². The number of carbonyl (C=O) groups excluding carboxylic acids is 3. The zero-order chi connectivity index (χ0) is 22.8. The Hall–Kier alpha value is -2.52. The number of carbonyl (C=O) groups is 3. The van der Waals surface area contributed by atoms with Gasteiger partial charge in [0.2, 0.25) is 5.91 Å². The van der Waals surface area contributed by atoms with Crippen LogP contribution in [0.3, 0.4) is 0 Å². The van der Waals surface area contributed by atoms with Crippen LogP contribution in [0.4, 0.5) is 10.5 Å². The zero-order valence-electron chi connectivity index (χ0n) is 16.1. The molecule has 32 heavy (non-hydrogen) atoms. The summed E-state index contributed by atoms with van der Waals surface area (Å²) < 4.78 is 6.45. The summed E-state index contributed by atoms with van der Waals surface area (Å²) in [5, 5.41) is 2.88. The van der Waals surface area contributed by atoms with Crippen LogP contribution in [0, 0.1) is 0 Å². The maximum Gasteiger partial charge on any atom is 0.294 e. The highest BCUT2D eigenvalue weighted by Gasteiger charge is 2.36. The molecule has 0 unspecified atom stereocenters. The number of halogens is 3. The van der Waals surface area contributed by atoms with E-state index in [0.717, 1.165) is 16.7 Å². The van der Waals surface area contributed by atoms with Crippen molar-refractivity contribution >= 4 is 79.7 Å². The van der Waals surface area contributed by atoms with Crippen molar-refractivity contribution in [2.45, 2.75) is 0 Å². The summed E-state index contributed by atoms with van der Waals surface area (Å²) in [6, 6.07) is 15.6. The van der Waals surface area contributed by atoms with Gasteiger partial charge in [0.25, 0.3) is 11.1 Å². The molecular weight excluding hydrogens is 539 g/mol. The van der Waals surface area contributed by atoms with Crippen molar-refractivity contribution in [2.24, 2.45) is 0 Å². The summed E-state index contributed by atoms with van der Waals surface area (Å²) in [7, 11) is 0. The van der Waals surface area contributed by atoms with Gasteiger partial charge in [0, 0.05) is 16.1 Å². The van der Waals surface area contributed by atoms with Crippen molar-refractivity contribution in [2.75, 3.05) is 11.9 Å². The van der Waals surface area contributed by atoms with E-state index in [1.807, 2.05) is 0 Å². The number of thioether (sulfide) groups is 1. The van der Waals surface area contributed by atoms with Gasteiger partial charge in [-0.05, 0) is 64.1 Å². The van der Waals surface area contributed by atoms with Gasteiger partial charge in [0.1, 0.15) is 18.1 Å². The highest BCUT2D eigenvalue weighted by atomic mass is 79.9. The average Bonchev–Trinajstić information content (AvgIpc) is 3.32. The van der Waals surface area contributed by atoms with Gasteiger partial charge in [-0.1, -0.05) is 41.4 Å². The van der Waals surface area contributed by atoms with Crippen molar-refractivity contribution in [1.29, 1.82) is 0 Å². The van der Waals surface area contributed by atoms with Crippen LogP contribution in [0.15, 0.2) is 68.4 Å². The highest BCUT2D eigenvalue weighted by Crippen LogP contribution is 2.36. The first-order valence-corrected chi connectivity index (χ1v) is 11.5. The summed E-state index contributed by atoms with van der Waals surface area (Å²) in [5.41, 5.74) is 1.15. The second kappa shape index (κ2) is 9.54. The highest BCUT2D eigenvalue weighted by molar-refractivity contribution is 9.10. The summed E-state index contributed by atoms with van der Waals surface area (Å²) in [4.78, 5) is 38.4. The molecule has 3 amide bonds. The Morgan fingerprint density at radius 1 is 1.09 bits per heavy atom. The smallest absolute Gasteiger partial charge is 0.294 e. The number of nitrogens with one attached hydrogen (secondary N) is 1. The Bertz CT molecular complexity index is 1270. The minimum atomic E-state index is -0.569. The molecule has 0 aliphatic carbocycles. The molecule has 0 saturated carbocycles. The minimum absolute atomic E-state index is 0.154. The molecule has 1 fully saturated rings. The van der Waals surface area contributed by atoms with Crippen LogP contribution in [-0.4, -0.2) is 28.5 Å². The van der Waals surface area contributed by atoms with Crippen molar-refractivity contribution in [1.82, 2.24) is 4.90 Å². The van der Waals surface area contributed by atoms with Gasteiger partial charge >= 0.3 is 0 Å². The lowest BCUT2D eigenvalue weighted by molar-refractivity contribution is -0.127. The Kier molecular flexibility index (Phi) is 6.76. The molecule has 3 aromatic rings. The quantitative estimate of drug-likeness (QED) is 0.357. The molecule has 1 aliphatic heterocycles. The summed E-state index contributed by atoms with van der Waals surface area (Å²) in [6.07, 6.45) is 1.46. The number of amides is 3. The number of imide groups is 1. The second-order valence-corrected chi connectivity index (χ2v) is 9.23. The molecule has 0 bridgehead atoms. The molecule has 0 atom stereocenters. The first kappa shape index (κ1) is 22.7. The molecule has 2 heterocycles. The van der Waals surface area contributed by atoms with Gasteiger partial charge in [0.05, 0.1) is 20.6 Å². The molecule has 0 radical (unpaired) electrons. The van der Waals surface area contributed by atoms with Gasteiger partial charge in [-0.25, -0.2) is 0 Å². The summed E-state index contributed by atoms with van der Waals surface area (Å²) in [6.45, 7) is -0.398. The molecule has 1 saturated heterocycles. The number of hydrogen-bond donors (Lipinski definition) is 1. The fourth-order valence-electron chi connectivity index (χ4n) is 2.93. The molecule has 4 rings (SSSR count). The molecule has 10 heteroatoms. The molecule has 0 spiro atoms. The van der Waals surface area contributed by atoms with Gasteiger partial charge < -0.3 is 9.73 Å². The third-order valence-electron chi connectivity index (χ3n) is 4.44.